The molecule has 29 heavy (non-hydrogen) atoms. The fourth-order valence-electron chi connectivity index (χ4n) is 3.36. The van der Waals surface area contributed by atoms with Gasteiger partial charge in [-0.15, -0.1) is 0 Å². The molecular formula is C20H31N5O3S. The molecule has 0 amide bonds. The molecule has 9 heteroatoms. The topological polar surface area (TPSA) is 88.0 Å². The lowest BCUT2D eigenvalue weighted by Crippen LogP contribution is -2.45. The number of guanidine groups is 1. The van der Waals surface area contributed by atoms with Gasteiger partial charge < -0.3 is 19.9 Å². The summed E-state index contributed by atoms with van der Waals surface area (Å²) < 4.78 is 33.7. The molecule has 1 saturated heterocycles. The number of aromatic nitrogens is 1. The monoisotopic (exact) mass is 421 g/mol. The van der Waals surface area contributed by atoms with Crippen LogP contribution >= 0.6 is 0 Å². The van der Waals surface area contributed by atoms with E-state index in [4.69, 9.17) is 4.74 Å². The molecule has 0 saturated carbocycles. The van der Waals surface area contributed by atoms with E-state index in [9.17, 15) is 8.42 Å². The highest BCUT2D eigenvalue weighted by molar-refractivity contribution is 7.89. The van der Waals surface area contributed by atoms with E-state index in [1.165, 1.54) is 15.2 Å². The number of hydrogen-bond acceptors (Lipinski definition) is 4. The van der Waals surface area contributed by atoms with E-state index in [0.29, 0.717) is 45.4 Å². The molecule has 0 spiro atoms. The lowest BCUT2D eigenvalue weighted by atomic mass is 10.2. The maximum Gasteiger partial charge on any atom is 0.215 e. The van der Waals surface area contributed by atoms with Crippen molar-refractivity contribution in [2.75, 3.05) is 51.7 Å². The Kier molecular flexibility index (Phi) is 7.91. The van der Waals surface area contributed by atoms with Crippen LogP contribution in [0.15, 0.2) is 41.5 Å². The van der Waals surface area contributed by atoms with E-state index >= 15 is 0 Å². The Balaban J connectivity index is 1.45. The summed E-state index contributed by atoms with van der Waals surface area (Å²) in [6.07, 6.45) is 3.01. The molecule has 1 aromatic heterocycles. The highest BCUT2D eigenvalue weighted by Gasteiger charge is 2.23. The van der Waals surface area contributed by atoms with Crippen LogP contribution in [-0.2, 0) is 21.3 Å². The molecular weight excluding hydrogens is 390 g/mol. The first-order valence-electron chi connectivity index (χ1n) is 10.2. The number of morpholine rings is 1. The minimum absolute atomic E-state index is 0.0484. The first-order chi connectivity index (χ1) is 14.1. The van der Waals surface area contributed by atoms with Gasteiger partial charge in [-0.3, -0.25) is 4.99 Å². The summed E-state index contributed by atoms with van der Waals surface area (Å²) in [5, 5.41) is 7.55. The van der Waals surface area contributed by atoms with Crippen LogP contribution in [0.2, 0.25) is 0 Å². The van der Waals surface area contributed by atoms with Crippen molar-refractivity contribution in [1.29, 1.82) is 0 Å². The van der Waals surface area contributed by atoms with Crippen LogP contribution in [0.3, 0.4) is 0 Å². The summed E-state index contributed by atoms with van der Waals surface area (Å²) in [7, 11) is -3.26. The predicted octanol–water partition coefficient (Wildman–Crippen LogP) is 1.25. The van der Waals surface area contributed by atoms with Crippen LogP contribution in [0.4, 0.5) is 0 Å². The Morgan fingerprint density at radius 2 is 1.97 bits per heavy atom. The van der Waals surface area contributed by atoms with E-state index in [1.54, 1.807) is 0 Å². The van der Waals surface area contributed by atoms with E-state index in [1.807, 2.05) is 13.0 Å². The smallest absolute Gasteiger partial charge is 0.215 e. The van der Waals surface area contributed by atoms with Gasteiger partial charge in [0.1, 0.15) is 0 Å². The summed E-state index contributed by atoms with van der Waals surface area (Å²) in [6, 6.07) is 10.5. The summed E-state index contributed by atoms with van der Waals surface area (Å²) in [5.41, 5.74) is 1.23. The maximum absolute atomic E-state index is 12.4. The highest BCUT2D eigenvalue weighted by Crippen LogP contribution is 2.15. The van der Waals surface area contributed by atoms with Crippen LogP contribution in [0.1, 0.15) is 13.3 Å². The number of ether oxygens (including phenoxy) is 1. The SMILES string of the molecule is CCNC(=NCCCn1ccc2ccccc21)NCCS(=O)(=O)N1CCOCC1. The van der Waals surface area contributed by atoms with Crippen LogP contribution in [0.5, 0.6) is 0 Å². The van der Waals surface area contributed by atoms with Crippen molar-refractivity contribution in [1.82, 2.24) is 19.5 Å². The van der Waals surface area contributed by atoms with Gasteiger partial charge in [-0.05, 0) is 30.9 Å². The van der Waals surface area contributed by atoms with Gasteiger partial charge in [0, 0.05) is 51.0 Å². The van der Waals surface area contributed by atoms with Crippen molar-refractivity contribution < 1.29 is 13.2 Å². The Morgan fingerprint density at radius 3 is 2.76 bits per heavy atom. The van der Waals surface area contributed by atoms with Crippen molar-refractivity contribution in [3.63, 3.8) is 0 Å². The lowest BCUT2D eigenvalue weighted by molar-refractivity contribution is 0.0730. The molecule has 1 aliphatic rings. The molecule has 2 N–H and O–H groups in total. The minimum Gasteiger partial charge on any atom is -0.379 e. The Labute approximate surface area is 173 Å². The zero-order valence-corrected chi connectivity index (χ0v) is 17.8. The molecule has 160 valence electrons. The number of aryl methyl sites for hydroxylation is 1. The molecule has 2 aromatic rings. The molecule has 0 aliphatic carbocycles. The standard InChI is InChI=1S/C20H31N5O3S/c1-2-21-20(23-10-17-29(26,27)25-13-15-28-16-14-25)22-9-5-11-24-12-8-18-6-3-4-7-19(18)24/h3-4,6-8,12H,2,5,9-11,13-17H2,1H3,(H2,21,22,23). The van der Waals surface area contributed by atoms with Crippen molar-refractivity contribution in [2.24, 2.45) is 4.99 Å². The Hall–Kier alpha value is -2.10. The van der Waals surface area contributed by atoms with E-state index in [2.05, 4.69) is 50.7 Å². The summed E-state index contributed by atoms with van der Waals surface area (Å²) in [6.45, 7) is 6.40. The van der Waals surface area contributed by atoms with E-state index in [0.717, 1.165) is 19.5 Å². The average molecular weight is 422 g/mol. The van der Waals surface area contributed by atoms with E-state index < -0.39 is 10.0 Å². The van der Waals surface area contributed by atoms with Gasteiger partial charge >= 0.3 is 0 Å². The second-order valence-electron chi connectivity index (χ2n) is 6.94. The predicted molar refractivity (Wildman–Crippen MR) is 117 cm³/mol. The third-order valence-electron chi connectivity index (χ3n) is 4.87. The van der Waals surface area contributed by atoms with Crippen molar-refractivity contribution in [2.45, 2.75) is 19.9 Å². The molecule has 0 atom stereocenters. The largest absolute Gasteiger partial charge is 0.379 e. The number of sulfonamides is 1. The first-order valence-corrected chi connectivity index (χ1v) is 11.8. The number of fused-ring (bicyclic) bond motifs is 1. The molecule has 0 bridgehead atoms. The quantitative estimate of drug-likeness (QED) is 0.361. The highest BCUT2D eigenvalue weighted by atomic mass is 32.2. The van der Waals surface area contributed by atoms with Gasteiger partial charge in [0.15, 0.2) is 5.96 Å². The molecule has 3 rings (SSSR count). The van der Waals surface area contributed by atoms with Gasteiger partial charge in [0.25, 0.3) is 0 Å². The van der Waals surface area contributed by atoms with Crippen LogP contribution in [0, 0.1) is 0 Å². The van der Waals surface area contributed by atoms with Gasteiger partial charge in [0.05, 0.1) is 19.0 Å². The number of nitrogens with zero attached hydrogens (tertiary/aromatic N) is 3. The van der Waals surface area contributed by atoms with Gasteiger partial charge in [-0.25, -0.2) is 8.42 Å². The molecule has 8 nitrogen and oxygen atoms in total. The number of para-hydroxylation sites is 1. The maximum atomic E-state index is 12.4. The van der Waals surface area contributed by atoms with Gasteiger partial charge in [-0.2, -0.15) is 4.31 Å². The number of benzene rings is 1. The Bertz CT molecular complexity index is 904. The second-order valence-corrected chi connectivity index (χ2v) is 9.02. The molecule has 0 unspecified atom stereocenters. The van der Waals surface area contributed by atoms with E-state index in [-0.39, 0.29) is 5.75 Å². The number of nitrogens with one attached hydrogen (secondary N) is 2. The number of aliphatic imine (C=N–C) groups is 1. The van der Waals surface area contributed by atoms with Crippen molar-refractivity contribution >= 4 is 26.9 Å². The zero-order valence-electron chi connectivity index (χ0n) is 17.0. The molecule has 0 radical (unpaired) electrons. The minimum atomic E-state index is -3.26. The van der Waals surface area contributed by atoms with Crippen molar-refractivity contribution in [3.05, 3.63) is 36.5 Å². The average Bonchev–Trinajstić information content (AvgIpc) is 3.15. The number of rotatable bonds is 9. The normalized spacial score (nSPS) is 16.2. The second kappa shape index (κ2) is 10.6. The number of hydrogen-bond donors (Lipinski definition) is 2. The van der Waals surface area contributed by atoms with Crippen LogP contribution in [0.25, 0.3) is 10.9 Å². The molecule has 1 aliphatic heterocycles. The molecule has 2 heterocycles. The van der Waals surface area contributed by atoms with Crippen molar-refractivity contribution in [3.8, 4) is 0 Å². The summed E-state index contributed by atoms with van der Waals surface area (Å²) >= 11 is 0. The molecule has 1 aromatic carbocycles. The fraction of sp³-hybridized carbons (Fsp3) is 0.550. The first kappa shape index (κ1) is 21.6. The van der Waals surface area contributed by atoms with Crippen LogP contribution in [-0.4, -0.2) is 74.9 Å². The van der Waals surface area contributed by atoms with Gasteiger partial charge in [0.2, 0.25) is 10.0 Å². The lowest BCUT2D eigenvalue weighted by Gasteiger charge is -2.26. The third kappa shape index (κ3) is 6.19. The van der Waals surface area contributed by atoms with Gasteiger partial charge in [-0.1, -0.05) is 18.2 Å². The fourth-order valence-corrected chi connectivity index (χ4v) is 4.69. The molecule has 1 fully saturated rings. The summed E-state index contributed by atoms with van der Waals surface area (Å²) in [4.78, 5) is 4.58. The third-order valence-corrected chi connectivity index (χ3v) is 6.74. The Morgan fingerprint density at radius 1 is 1.17 bits per heavy atom. The zero-order chi connectivity index (χ0) is 20.5. The van der Waals surface area contributed by atoms with Crippen LogP contribution < -0.4 is 10.6 Å². The summed E-state index contributed by atoms with van der Waals surface area (Å²) in [5.74, 6) is 0.703.